The van der Waals surface area contributed by atoms with E-state index in [4.69, 9.17) is 4.74 Å². The van der Waals surface area contributed by atoms with Gasteiger partial charge in [0.2, 0.25) is 0 Å². The molecule has 0 aliphatic carbocycles. The second-order valence-corrected chi connectivity index (χ2v) is 6.00. The minimum atomic E-state index is 0.710. The van der Waals surface area contributed by atoms with Gasteiger partial charge in [0.25, 0.3) is 0 Å². The van der Waals surface area contributed by atoms with Crippen LogP contribution in [-0.4, -0.2) is 36.1 Å². The third-order valence-electron chi connectivity index (χ3n) is 4.37. The highest BCUT2D eigenvalue weighted by atomic mass is 16.5. The van der Waals surface area contributed by atoms with Gasteiger partial charge in [-0.2, -0.15) is 0 Å². The Balaban J connectivity index is 1.75. The molecule has 118 valence electrons. The molecule has 2 heterocycles. The number of hydrogen-bond donors (Lipinski definition) is 1. The normalized spacial score (nSPS) is 16.0. The van der Waals surface area contributed by atoms with E-state index in [1.54, 1.807) is 0 Å². The maximum Gasteiger partial charge on any atom is 0.120 e. The monoisotopic (exact) mass is 298 g/mol. The standard InChI is InChI=1S/C19H26N2O/c1-3-5-10-21-11-8-15(9-12-21)19-14-16-13-17(22-4-2)6-7-18(16)20-19/h6-8,13-14,20H,3-5,9-12H2,1-2H3. The van der Waals surface area contributed by atoms with E-state index in [-0.39, 0.29) is 0 Å². The van der Waals surface area contributed by atoms with Crippen molar-refractivity contribution >= 4 is 16.5 Å². The molecule has 1 aromatic heterocycles. The topological polar surface area (TPSA) is 28.3 Å². The summed E-state index contributed by atoms with van der Waals surface area (Å²) >= 11 is 0. The van der Waals surface area contributed by atoms with Crippen LogP contribution in [0, 0.1) is 0 Å². The molecule has 0 unspecified atom stereocenters. The van der Waals surface area contributed by atoms with Crippen molar-refractivity contribution in [3.8, 4) is 5.75 Å². The Morgan fingerprint density at radius 3 is 2.86 bits per heavy atom. The number of aromatic nitrogens is 1. The molecule has 0 radical (unpaired) electrons. The van der Waals surface area contributed by atoms with Gasteiger partial charge in [-0.1, -0.05) is 19.4 Å². The minimum Gasteiger partial charge on any atom is -0.494 e. The molecule has 0 amide bonds. The fraction of sp³-hybridized carbons (Fsp3) is 0.474. The lowest BCUT2D eigenvalue weighted by molar-refractivity contribution is 0.297. The largest absolute Gasteiger partial charge is 0.494 e. The van der Waals surface area contributed by atoms with Crippen LogP contribution in [0.15, 0.2) is 30.3 Å². The number of aromatic amines is 1. The highest BCUT2D eigenvalue weighted by molar-refractivity contribution is 5.86. The van der Waals surface area contributed by atoms with Crippen LogP contribution in [-0.2, 0) is 0 Å². The number of benzene rings is 1. The van der Waals surface area contributed by atoms with Gasteiger partial charge in [-0.3, -0.25) is 4.90 Å². The zero-order valence-corrected chi connectivity index (χ0v) is 13.7. The molecular formula is C19H26N2O. The quantitative estimate of drug-likeness (QED) is 0.853. The smallest absolute Gasteiger partial charge is 0.120 e. The molecule has 1 aromatic carbocycles. The summed E-state index contributed by atoms with van der Waals surface area (Å²) in [6, 6.07) is 8.52. The van der Waals surface area contributed by atoms with Crippen molar-refractivity contribution in [2.24, 2.45) is 0 Å². The van der Waals surface area contributed by atoms with E-state index in [1.807, 2.05) is 13.0 Å². The summed E-state index contributed by atoms with van der Waals surface area (Å²) in [6.45, 7) is 8.46. The second-order valence-electron chi connectivity index (χ2n) is 6.00. The first-order valence-electron chi connectivity index (χ1n) is 8.47. The van der Waals surface area contributed by atoms with Gasteiger partial charge in [-0.15, -0.1) is 0 Å². The first-order chi connectivity index (χ1) is 10.8. The van der Waals surface area contributed by atoms with Crippen molar-refractivity contribution < 1.29 is 4.74 Å². The summed E-state index contributed by atoms with van der Waals surface area (Å²) in [7, 11) is 0. The predicted molar refractivity (Wildman–Crippen MR) is 93.4 cm³/mol. The van der Waals surface area contributed by atoms with E-state index in [0.29, 0.717) is 6.61 Å². The van der Waals surface area contributed by atoms with Gasteiger partial charge in [0, 0.05) is 29.7 Å². The highest BCUT2D eigenvalue weighted by Crippen LogP contribution is 2.27. The lowest BCUT2D eigenvalue weighted by Gasteiger charge is -2.25. The van der Waals surface area contributed by atoms with Gasteiger partial charge < -0.3 is 9.72 Å². The van der Waals surface area contributed by atoms with E-state index in [0.717, 1.165) is 18.7 Å². The number of nitrogens with one attached hydrogen (secondary N) is 1. The Morgan fingerprint density at radius 1 is 1.23 bits per heavy atom. The maximum atomic E-state index is 5.59. The summed E-state index contributed by atoms with van der Waals surface area (Å²) in [5.74, 6) is 0.948. The molecular weight excluding hydrogens is 272 g/mol. The zero-order valence-electron chi connectivity index (χ0n) is 13.7. The molecule has 0 fully saturated rings. The van der Waals surface area contributed by atoms with Gasteiger partial charge in [0.05, 0.1) is 6.61 Å². The predicted octanol–water partition coefficient (Wildman–Crippen LogP) is 4.46. The van der Waals surface area contributed by atoms with E-state index < -0.39 is 0 Å². The molecule has 1 aliphatic rings. The average Bonchev–Trinajstić information content (AvgIpc) is 2.97. The Morgan fingerprint density at radius 2 is 2.14 bits per heavy atom. The van der Waals surface area contributed by atoms with Crippen LogP contribution in [0.3, 0.4) is 0 Å². The van der Waals surface area contributed by atoms with E-state index in [9.17, 15) is 0 Å². The van der Waals surface area contributed by atoms with Gasteiger partial charge in [-0.05, 0) is 56.1 Å². The first kappa shape index (κ1) is 15.2. The Kier molecular flexibility index (Phi) is 4.84. The highest BCUT2D eigenvalue weighted by Gasteiger charge is 2.14. The van der Waals surface area contributed by atoms with Crippen LogP contribution in [0.1, 0.15) is 38.8 Å². The number of ether oxygens (including phenoxy) is 1. The Bertz CT molecular complexity index is 656. The van der Waals surface area contributed by atoms with Crippen LogP contribution in [0.2, 0.25) is 0 Å². The number of H-pyrrole nitrogens is 1. The molecule has 3 nitrogen and oxygen atoms in total. The number of hydrogen-bond acceptors (Lipinski definition) is 2. The minimum absolute atomic E-state index is 0.710. The molecule has 22 heavy (non-hydrogen) atoms. The lowest BCUT2D eigenvalue weighted by atomic mass is 10.0. The molecule has 0 spiro atoms. The van der Waals surface area contributed by atoms with Gasteiger partial charge in [0.15, 0.2) is 0 Å². The van der Waals surface area contributed by atoms with Crippen LogP contribution in [0.5, 0.6) is 5.75 Å². The molecule has 3 rings (SSSR count). The summed E-state index contributed by atoms with van der Waals surface area (Å²) < 4.78 is 5.59. The summed E-state index contributed by atoms with van der Waals surface area (Å²) in [4.78, 5) is 6.09. The van der Waals surface area contributed by atoms with Crippen molar-refractivity contribution in [3.05, 3.63) is 36.0 Å². The van der Waals surface area contributed by atoms with Gasteiger partial charge in [-0.25, -0.2) is 0 Å². The van der Waals surface area contributed by atoms with Crippen LogP contribution >= 0.6 is 0 Å². The molecule has 3 heteroatoms. The molecule has 1 N–H and O–H groups in total. The van der Waals surface area contributed by atoms with Gasteiger partial charge in [0.1, 0.15) is 5.75 Å². The number of rotatable bonds is 6. The number of fused-ring (bicyclic) bond motifs is 1. The third-order valence-corrected chi connectivity index (χ3v) is 4.37. The van der Waals surface area contributed by atoms with Gasteiger partial charge >= 0.3 is 0 Å². The van der Waals surface area contributed by atoms with E-state index in [1.165, 1.54) is 48.1 Å². The van der Waals surface area contributed by atoms with Crippen LogP contribution < -0.4 is 4.74 Å². The molecule has 1 aliphatic heterocycles. The summed E-state index contributed by atoms with van der Waals surface area (Å²) in [6.07, 6.45) is 6.09. The fourth-order valence-electron chi connectivity index (χ4n) is 3.08. The van der Waals surface area contributed by atoms with Crippen molar-refractivity contribution in [3.63, 3.8) is 0 Å². The first-order valence-corrected chi connectivity index (χ1v) is 8.47. The van der Waals surface area contributed by atoms with Crippen molar-refractivity contribution in [1.82, 2.24) is 9.88 Å². The molecule has 0 bridgehead atoms. The summed E-state index contributed by atoms with van der Waals surface area (Å²) in [5.41, 5.74) is 3.90. The molecule has 0 saturated carbocycles. The van der Waals surface area contributed by atoms with E-state index >= 15 is 0 Å². The molecule has 2 aromatic rings. The van der Waals surface area contributed by atoms with Crippen LogP contribution in [0.25, 0.3) is 16.5 Å². The Hall–Kier alpha value is -1.74. The molecule has 0 atom stereocenters. The SMILES string of the molecule is CCCCN1CC=C(c2cc3cc(OCC)ccc3[nH]2)CC1. The third kappa shape index (κ3) is 3.36. The maximum absolute atomic E-state index is 5.59. The number of unbranched alkanes of at least 4 members (excludes halogenated alkanes) is 1. The number of nitrogens with zero attached hydrogens (tertiary/aromatic N) is 1. The molecule has 0 saturated heterocycles. The van der Waals surface area contributed by atoms with Crippen molar-refractivity contribution in [2.75, 3.05) is 26.2 Å². The lowest BCUT2D eigenvalue weighted by Crippen LogP contribution is -2.29. The van der Waals surface area contributed by atoms with Crippen LogP contribution in [0.4, 0.5) is 0 Å². The van der Waals surface area contributed by atoms with E-state index in [2.05, 4.69) is 41.1 Å². The Labute approximate surface area is 133 Å². The zero-order chi connectivity index (χ0) is 15.4. The van der Waals surface area contributed by atoms with Crippen molar-refractivity contribution in [1.29, 1.82) is 0 Å². The van der Waals surface area contributed by atoms with Crippen molar-refractivity contribution in [2.45, 2.75) is 33.1 Å². The average molecular weight is 298 g/mol. The fourth-order valence-corrected chi connectivity index (χ4v) is 3.08. The summed E-state index contributed by atoms with van der Waals surface area (Å²) in [5, 5.41) is 1.23. The second kappa shape index (κ2) is 7.01.